The van der Waals surface area contributed by atoms with E-state index in [4.69, 9.17) is 0 Å². The van der Waals surface area contributed by atoms with Crippen LogP contribution in [0, 0.1) is 0 Å². The Labute approximate surface area is 152 Å². The lowest BCUT2D eigenvalue weighted by Crippen LogP contribution is -2.27. The van der Waals surface area contributed by atoms with Gasteiger partial charge in [0.1, 0.15) is 0 Å². The third kappa shape index (κ3) is 14.8. The molecule has 2 heteroatoms. The summed E-state index contributed by atoms with van der Waals surface area (Å²) in [5.74, 6) is 0.0837. The minimum Gasteiger partial charge on any atom is -0.342 e. The van der Waals surface area contributed by atoms with Crippen LogP contribution in [0.25, 0.3) is 0 Å². The summed E-state index contributed by atoms with van der Waals surface area (Å²) in [6, 6.07) is 0. The molecule has 142 valence electrons. The fourth-order valence-corrected chi connectivity index (χ4v) is 3.15. The van der Waals surface area contributed by atoms with Gasteiger partial charge in [-0.15, -0.1) is 0 Å². The lowest BCUT2D eigenvalue weighted by atomic mass is 10.0. The average Bonchev–Trinajstić information content (AvgIpc) is 2.57. The molecule has 0 aromatic heterocycles. The van der Waals surface area contributed by atoms with Gasteiger partial charge in [0.05, 0.1) is 0 Å². The summed E-state index contributed by atoms with van der Waals surface area (Å²) in [7, 11) is 1.88. The Morgan fingerprint density at radius 2 is 1.04 bits per heavy atom. The van der Waals surface area contributed by atoms with Gasteiger partial charge >= 0.3 is 0 Å². The van der Waals surface area contributed by atoms with Crippen molar-refractivity contribution >= 4 is 5.91 Å². The molecule has 0 aliphatic rings. The van der Waals surface area contributed by atoms with E-state index >= 15 is 0 Å². The van der Waals surface area contributed by atoms with E-state index in [1.54, 1.807) is 11.8 Å². The van der Waals surface area contributed by atoms with Crippen LogP contribution in [0.2, 0.25) is 0 Å². The van der Waals surface area contributed by atoms with Gasteiger partial charge in [-0.05, 0) is 13.3 Å². The molecule has 0 N–H and O–H groups in total. The van der Waals surface area contributed by atoms with E-state index in [-0.39, 0.29) is 5.91 Å². The molecule has 0 fully saturated rings. The molecular formula is C22H43NO. The van der Waals surface area contributed by atoms with Crippen LogP contribution in [0.15, 0.2) is 12.2 Å². The summed E-state index contributed by atoms with van der Waals surface area (Å²) < 4.78 is 0. The number of amides is 1. The van der Waals surface area contributed by atoms with E-state index < -0.39 is 0 Å². The molecule has 0 aromatic carbocycles. The molecule has 2 nitrogen and oxygen atoms in total. The zero-order valence-corrected chi connectivity index (χ0v) is 16.9. The first kappa shape index (κ1) is 23.2. The van der Waals surface area contributed by atoms with Gasteiger partial charge in [0.25, 0.3) is 0 Å². The van der Waals surface area contributed by atoms with Gasteiger partial charge in [-0.25, -0.2) is 0 Å². The lowest BCUT2D eigenvalue weighted by molar-refractivity contribution is -0.125. The minimum absolute atomic E-state index is 0.0837. The topological polar surface area (TPSA) is 20.3 Å². The fourth-order valence-electron chi connectivity index (χ4n) is 3.15. The molecule has 0 aliphatic heterocycles. The summed E-state index contributed by atoms with van der Waals surface area (Å²) >= 11 is 0. The first-order chi connectivity index (χ1) is 11.6. The first-order valence-corrected chi connectivity index (χ1v) is 10.5. The summed E-state index contributed by atoms with van der Waals surface area (Å²) in [5.41, 5.74) is 0.637. The van der Waals surface area contributed by atoms with Gasteiger partial charge < -0.3 is 4.90 Å². The molecule has 0 radical (unpaired) electrons. The maximum absolute atomic E-state index is 11.6. The van der Waals surface area contributed by atoms with Crippen molar-refractivity contribution in [3.63, 3.8) is 0 Å². The summed E-state index contributed by atoms with van der Waals surface area (Å²) in [4.78, 5) is 13.4. The molecular weight excluding hydrogens is 294 g/mol. The van der Waals surface area contributed by atoms with Gasteiger partial charge in [0.15, 0.2) is 0 Å². The molecule has 0 bridgehead atoms. The number of nitrogens with zero attached hydrogens (tertiary/aromatic N) is 1. The molecule has 0 aliphatic carbocycles. The molecule has 0 aromatic rings. The standard InChI is InChI=1S/C22H43NO/c1-5-6-7-8-9-10-11-12-13-14-15-16-17-18-19-20-23(4)22(24)21(2)3/h2,5-20H2,1,3-4H3. The van der Waals surface area contributed by atoms with Crippen molar-refractivity contribution in [2.75, 3.05) is 13.6 Å². The van der Waals surface area contributed by atoms with Gasteiger partial charge in [0.2, 0.25) is 5.91 Å². The van der Waals surface area contributed by atoms with E-state index in [1.807, 2.05) is 7.05 Å². The highest BCUT2D eigenvalue weighted by Crippen LogP contribution is 2.13. The Morgan fingerprint density at radius 1 is 0.708 bits per heavy atom. The first-order valence-electron chi connectivity index (χ1n) is 10.5. The highest BCUT2D eigenvalue weighted by molar-refractivity contribution is 5.91. The van der Waals surface area contributed by atoms with E-state index in [1.165, 1.54) is 89.9 Å². The second-order valence-corrected chi connectivity index (χ2v) is 7.46. The summed E-state index contributed by atoms with van der Waals surface area (Å²) in [6.45, 7) is 8.64. The minimum atomic E-state index is 0.0837. The second-order valence-electron chi connectivity index (χ2n) is 7.46. The Kier molecular flexibility index (Phi) is 16.5. The third-order valence-corrected chi connectivity index (χ3v) is 4.81. The van der Waals surface area contributed by atoms with Gasteiger partial charge in [-0.2, -0.15) is 0 Å². The summed E-state index contributed by atoms with van der Waals surface area (Å²) in [6.07, 6.45) is 20.7. The highest BCUT2D eigenvalue weighted by Gasteiger charge is 2.07. The zero-order chi connectivity index (χ0) is 18.0. The Hall–Kier alpha value is -0.790. The molecule has 0 rings (SSSR count). The Morgan fingerprint density at radius 3 is 1.38 bits per heavy atom. The Balaban J connectivity index is 3.18. The average molecular weight is 338 g/mol. The molecule has 0 saturated heterocycles. The quantitative estimate of drug-likeness (QED) is 0.209. The van der Waals surface area contributed by atoms with E-state index in [2.05, 4.69) is 13.5 Å². The van der Waals surface area contributed by atoms with Crippen LogP contribution in [0.4, 0.5) is 0 Å². The Bertz CT molecular complexity index is 311. The maximum atomic E-state index is 11.6. The third-order valence-electron chi connectivity index (χ3n) is 4.81. The van der Waals surface area contributed by atoms with Crippen molar-refractivity contribution in [2.24, 2.45) is 0 Å². The number of carbonyl (C=O) groups excluding carboxylic acids is 1. The van der Waals surface area contributed by atoms with Crippen LogP contribution < -0.4 is 0 Å². The van der Waals surface area contributed by atoms with Crippen LogP contribution in [0.1, 0.15) is 110 Å². The van der Waals surface area contributed by atoms with Gasteiger partial charge in [-0.3, -0.25) is 4.79 Å². The van der Waals surface area contributed by atoms with Crippen molar-refractivity contribution < 1.29 is 4.79 Å². The SMILES string of the molecule is C=C(C)C(=O)N(C)CCCCCCCCCCCCCCCCC. The lowest BCUT2D eigenvalue weighted by Gasteiger charge is -2.16. The zero-order valence-electron chi connectivity index (χ0n) is 16.9. The van der Waals surface area contributed by atoms with Gasteiger partial charge in [-0.1, -0.05) is 103 Å². The van der Waals surface area contributed by atoms with Crippen LogP contribution in [0.3, 0.4) is 0 Å². The number of rotatable bonds is 17. The predicted molar refractivity (Wildman–Crippen MR) is 107 cm³/mol. The van der Waals surface area contributed by atoms with Crippen LogP contribution in [-0.4, -0.2) is 24.4 Å². The van der Waals surface area contributed by atoms with Crippen LogP contribution in [-0.2, 0) is 4.79 Å². The van der Waals surface area contributed by atoms with E-state index in [9.17, 15) is 4.79 Å². The molecule has 0 unspecified atom stereocenters. The number of likely N-dealkylation sites (N-methyl/N-ethyl adjacent to an activating group) is 1. The van der Waals surface area contributed by atoms with Gasteiger partial charge in [0, 0.05) is 19.2 Å². The monoisotopic (exact) mass is 337 g/mol. The van der Waals surface area contributed by atoms with E-state index in [0.717, 1.165) is 13.0 Å². The highest BCUT2D eigenvalue weighted by atomic mass is 16.2. The molecule has 0 heterocycles. The van der Waals surface area contributed by atoms with Crippen molar-refractivity contribution in [1.82, 2.24) is 4.90 Å². The van der Waals surface area contributed by atoms with Crippen molar-refractivity contribution in [3.8, 4) is 0 Å². The molecule has 24 heavy (non-hydrogen) atoms. The smallest absolute Gasteiger partial charge is 0.248 e. The number of hydrogen-bond acceptors (Lipinski definition) is 1. The van der Waals surface area contributed by atoms with Crippen LogP contribution in [0.5, 0.6) is 0 Å². The normalized spacial score (nSPS) is 10.8. The van der Waals surface area contributed by atoms with Crippen molar-refractivity contribution in [2.45, 2.75) is 110 Å². The fraction of sp³-hybridized carbons (Fsp3) is 0.864. The van der Waals surface area contributed by atoms with Crippen molar-refractivity contribution in [1.29, 1.82) is 0 Å². The molecule has 0 spiro atoms. The van der Waals surface area contributed by atoms with E-state index in [0.29, 0.717) is 5.57 Å². The number of unbranched alkanes of at least 4 members (excludes halogenated alkanes) is 14. The predicted octanol–water partition coefficient (Wildman–Crippen LogP) is 6.89. The molecule has 1 amide bonds. The molecule has 0 saturated carbocycles. The maximum Gasteiger partial charge on any atom is 0.248 e. The summed E-state index contributed by atoms with van der Waals surface area (Å²) in [5, 5.41) is 0. The largest absolute Gasteiger partial charge is 0.342 e. The number of hydrogen-bond donors (Lipinski definition) is 0. The van der Waals surface area contributed by atoms with Crippen LogP contribution >= 0.6 is 0 Å². The number of carbonyl (C=O) groups is 1. The second kappa shape index (κ2) is 17.0. The molecule has 0 atom stereocenters. The van der Waals surface area contributed by atoms with Crippen molar-refractivity contribution in [3.05, 3.63) is 12.2 Å².